The van der Waals surface area contributed by atoms with Gasteiger partial charge in [0.2, 0.25) is 0 Å². The zero-order chi connectivity index (χ0) is 13.8. The highest BCUT2D eigenvalue weighted by atomic mass is 32.1. The summed E-state index contributed by atoms with van der Waals surface area (Å²) in [4.78, 5) is 17.8. The Labute approximate surface area is 120 Å². The first-order valence-electron chi connectivity index (χ1n) is 5.94. The van der Waals surface area contributed by atoms with Crippen molar-refractivity contribution in [3.8, 4) is 0 Å². The van der Waals surface area contributed by atoms with E-state index >= 15 is 0 Å². The largest absolute Gasteiger partial charge is 0.465 e. The third kappa shape index (κ3) is 3.54. The van der Waals surface area contributed by atoms with Gasteiger partial charge in [-0.15, -0.1) is 11.3 Å². The Bertz CT molecular complexity index is 549. The summed E-state index contributed by atoms with van der Waals surface area (Å²) in [6.45, 7) is 3.92. The number of hydrogen-bond acceptors (Lipinski definition) is 6. The van der Waals surface area contributed by atoms with E-state index in [-0.39, 0.29) is 12.0 Å². The summed E-state index contributed by atoms with van der Waals surface area (Å²) in [5.74, 6) is -0.325. The molecule has 4 nitrogen and oxygen atoms in total. The highest BCUT2D eigenvalue weighted by molar-refractivity contribution is 7.17. The van der Waals surface area contributed by atoms with Crippen LogP contribution in [0.2, 0.25) is 0 Å². The number of aromatic nitrogens is 1. The van der Waals surface area contributed by atoms with E-state index in [1.807, 2.05) is 6.92 Å². The molecular weight excluding hydrogens is 280 g/mol. The number of hydrogen-bond donors (Lipinski definition) is 1. The molecule has 1 atom stereocenters. The quantitative estimate of drug-likeness (QED) is 0.860. The Morgan fingerprint density at radius 3 is 3.00 bits per heavy atom. The number of ether oxygens (including phenoxy) is 1. The Kier molecular flexibility index (Phi) is 4.55. The lowest BCUT2D eigenvalue weighted by Gasteiger charge is -2.11. The molecule has 0 saturated carbocycles. The van der Waals surface area contributed by atoms with Crippen molar-refractivity contribution >= 4 is 33.8 Å². The highest BCUT2D eigenvalue weighted by Crippen LogP contribution is 2.24. The van der Waals surface area contributed by atoms with Crippen LogP contribution in [0.1, 0.15) is 27.2 Å². The maximum Gasteiger partial charge on any atom is 0.350 e. The number of rotatable bonds is 5. The molecule has 0 aliphatic carbocycles. The van der Waals surface area contributed by atoms with Crippen LogP contribution in [-0.4, -0.2) is 24.1 Å². The van der Waals surface area contributed by atoms with Crippen LogP contribution in [0, 0.1) is 6.92 Å². The molecule has 6 heteroatoms. The molecule has 0 saturated heterocycles. The van der Waals surface area contributed by atoms with E-state index in [1.54, 1.807) is 11.3 Å². The SMILES string of the molecule is COC(=O)c1sc(NC(C)Cc2cccs2)nc1C. The monoisotopic (exact) mass is 296 g/mol. The summed E-state index contributed by atoms with van der Waals surface area (Å²) < 4.78 is 4.73. The van der Waals surface area contributed by atoms with Gasteiger partial charge in [0.15, 0.2) is 5.13 Å². The number of carbonyl (C=O) groups is 1. The lowest BCUT2D eigenvalue weighted by molar-refractivity contribution is 0.0605. The predicted molar refractivity (Wildman–Crippen MR) is 79.3 cm³/mol. The minimum absolute atomic E-state index is 0.273. The number of anilines is 1. The van der Waals surface area contributed by atoms with E-state index in [0.717, 1.165) is 11.6 Å². The van der Waals surface area contributed by atoms with Gasteiger partial charge in [0, 0.05) is 17.3 Å². The molecule has 102 valence electrons. The Morgan fingerprint density at radius 1 is 1.58 bits per heavy atom. The lowest BCUT2D eigenvalue weighted by atomic mass is 10.2. The van der Waals surface area contributed by atoms with Crippen molar-refractivity contribution in [3.63, 3.8) is 0 Å². The van der Waals surface area contributed by atoms with Crippen LogP contribution in [0.25, 0.3) is 0 Å². The number of methoxy groups -OCH3 is 1. The summed E-state index contributed by atoms with van der Waals surface area (Å²) >= 11 is 3.09. The topological polar surface area (TPSA) is 51.2 Å². The molecule has 0 spiro atoms. The molecule has 0 amide bonds. The molecule has 1 N–H and O–H groups in total. The summed E-state index contributed by atoms with van der Waals surface area (Å²) in [5, 5.41) is 6.17. The molecule has 2 aromatic heterocycles. The molecule has 0 radical (unpaired) electrons. The van der Waals surface area contributed by atoms with Crippen molar-refractivity contribution in [2.24, 2.45) is 0 Å². The summed E-state index contributed by atoms with van der Waals surface area (Å²) in [5.41, 5.74) is 0.711. The first-order valence-corrected chi connectivity index (χ1v) is 7.64. The first kappa shape index (κ1) is 14.0. The molecule has 19 heavy (non-hydrogen) atoms. The zero-order valence-corrected chi connectivity index (χ0v) is 12.7. The van der Waals surface area contributed by atoms with Crippen LogP contribution >= 0.6 is 22.7 Å². The Hall–Kier alpha value is -1.40. The van der Waals surface area contributed by atoms with E-state index in [0.29, 0.717) is 10.6 Å². The van der Waals surface area contributed by atoms with Gasteiger partial charge >= 0.3 is 5.97 Å². The summed E-state index contributed by atoms with van der Waals surface area (Å²) in [6.07, 6.45) is 0.948. The van der Waals surface area contributed by atoms with Crippen LogP contribution < -0.4 is 5.32 Å². The maximum atomic E-state index is 11.5. The second-order valence-corrected chi connectivity index (χ2v) is 6.29. The van der Waals surface area contributed by atoms with Crippen molar-refractivity contribution in [2.75, 3.05) is 12.4 Å². The Balaban J connectivity index is 2.01. The van der Waals surface area contributed by atoms with Gasteiger partial charge in [0.05, 0.1) is 12.8 Å². The van der Waals surface area contributed by atoms with Crippen molar-refractivity contribution < 1.29 is 9.53 Å². The summed E-state index contributed by atoms with van der Waals surface area (Å²) in [7, 11) is 1.38. The number of nitrogens with one attached hydrogen (secondary N) is 1. The standard InChI is InChI=1S/C13H16N2O2S2/c1-8(7-10-5-4-6-18-10)14-13-15-9(2)11(19-13)12(16)17-3/h4-6,8H,7H2,1-3H3,(H,14,15). The summed E-state index contributed by atoms with van der Waals surface area (Å²) in [6, 6.07) is 4.44. The maximum absolute atomic E-state index is 11.5. The van der Waals surface area contributed by atoms with Gasteiger partial charge in [-0.25, -0.2) is 9.78 Å². The van der Waals surface area contributed by atoms with E-state index in [4.69, 9.17) is 4.74 Å². The van der Waals surface area contributed by atoms with Gasteiger partial charge in [-0.3, -0.25) is 0 Å². The molecule has 2 aromatic rings. The van der Waals surface area contributed by atoms with E-state index in [2.05, 4.69) is 34.7 Å². The van der Waals surface area contributed by atoms with Crippen molar-refractivity contribution in [1.29, 1.82) is 0 Å². The number of esters is 1. The van der Waals surface area contributed by atoms with Crippen LogP contribution in [0.15, 0.2) is 17.5 Å². The first-order chi connectivity index (χ1) is 9.10. The van der Waals surface area contributed by atoms with Crippen LogP contribution in [-0.2, 0) is 11.2 Å². The van der Waals surface area contributed by atoms with Crippen molar-refractivity contribution in [1.82, 2.24) is 4.98 Å². The van der Waals surface area contributed by atoms with Crippen LogP contribution in [0.3, 0.4) is 0 Å². The van der Waals surface area contributed by atoms with E-state index in [1.165, 1.54) is 23.3 Å². The van der Waals surface area contributed by atoms with Gasteiger partial charge in [0.25, 0.3) is 0 Å². The van der Waals surface area contributed by atoms with Gasteiger partial charge in [-0.1, -0.05) is 17.4 Å². The molecule has 0 aliphatic rings. The fourth-order valence-corrected chi connectivity index (χ4v) is 3.56. The lowest BCUT2D eigenvalue weighted by Crippen LogP contribution is -2.17. The second-order valence-electron chi connectivity index (χ2n) is 4.25. The zero-order valence-electron chi connectivity index (χ0n) is 11.1. The van der Waals surface area contributed by atoms with Crippen molar-refractivity contribution in [2.45, 2.75) is 26.3 Å². The highest BCUT2D eigenvalue weighted by Gasteiger charge is 2.16. The van der Waals surface area contributed by atoms with Crippen LogP contribution in [0.5, 0.6) is 0 Å². The average molecular weight is 296 g/mol. The Morgan fingerprint density at radius 2 is 2.37 bits per heavy atom. The molecular formula is C13H16N2O2S2. The van der Waals surface area contributed by atoms with E-state index < -0.39 is 0 Å². The predicted octanol–water partition coefficient (Wildman–Crippen LogP) is 3.34. The third-order valence-corrected chi connectivity index (χ3v) is 4.59. The number of thiophene rings is 1. The molecule has 1 unspecified atom stereocenters. The molecule has 0 bridgehead atoms. The number of carbonyl (C=O) groups excluding carboxylic acids is 1. The number of thiazole rings is 1. The fourth-order valence-electron chi connectivity index (χ4n) is 1.73. The number of nitrogens with zero attached hydrogens (tertiary/aromatic N) is 1. The van der Waals surface area contributed by atoms with Crippen molar-refractivity contribution in [3.05, 3.63) is 33.0 Å². The van der Waals surface area contributed by atoms with Gasteiger partial charge in [-0.2, -0.15) is 0 Å². The van der Waals surface area contributed by atoms with Gasteiger partial charge in [0.1, 0.15) is 4.88 Å². The number of aryl methyl sites for hydroxylation is 1. The smallest absolute Gasteiger partial charge is 0.350 e. The van der Waals surface area contributed by atoms with E-state index in [9.17, 15) is 4.79 Å². The molecule has 0 aliphatic heterocycles. The molecule has 2 heterocycles. The minimum Gasteiger partial charge on any atom is -0.465 e. The minimum atomic E-state index is -0.325. The van der Waals surface area contributed by atoms with Crippen LogP contribution in [0.4, 0.5) is 5.13 Å². The van der Waals surface area contributed by atoms with Gasteiger partial charge in [-0.05, 0) is 25.3 Å². The fraction of sp³-hybridized carbons (Fsp3) is 0.385. The second kappa shape index (κ2) is 6.16. The molecule has 2 rings (SSSR count). The normalized spacial score (nSPS) is 12.2. The average Bonchev–Trinajstić information content (AvgIpc) is 2.98. The molecule has 0 aromatic carbocycles. The molecule has 0 fully saturated rings. The third-order valence-electron chi connectivity index (χ3n) is 2.62. The van der Waals surface area contributed by atoms with Gasteiger partial charge < -0.3 is 10.1 Å².